The van der Waals surface area contributed by atoms with Gasteiger partial charge in [0.2, 0.25) is 0 Å². The number of hydrogen-bond donors (Lipinski definition) is 1. The summed E-state index contributed by atoms with van der Waals surface area (Å²) in [5.74, 6) is 4.81. The standard InChI is InChI=1S/C23H45N3.C7H7.2C4H8.Zr/c1-16-8-10-22(20(5)18(16)3)24-12-14-26(7)15-13-25-23-11-9-17(2)19(4)21(23)6;1-7-5-3-2-4-6-7;2*1-2-4-3-1;/h16-23,26H,7-15H2,1-6H3;2-6H,1H2;2*1-4H2;/q-2;-1;;;+4. The zero-order chi connectivity index (χ0) is 30.0. The Bertz CT molecular complexity index is 698. The second-order valence-corrected chi connectivity index (χ2v) is 14.1. The first kappa shape index (κ1) is 39.9. The second kappa shape index (κ2) is 23.2. The van der Waals surface area contributed by atoms with Crippen molar-refractivity contribution in [3.8, 4) is 0 Å². The third-order valence-electron chi connectivity index (χ3n) is 11.0. The Morgan fingerprint density at radius 3 is 1.24 bits per heavy atom. The molecule has 0 spiro atoms. The van der Waals surface area contributed by atoms with Gasteiger partial charge in [0.15, 0.2) is 0 Å². The van der Waals surface area contributed by atoms with Crippen LogP contribution in [-0.4, -0.2) is 38.3 Å². The summed E-state index contributed by atoms with van der Waals surface area (Å²) < 4.78 is 0. The van der Waals surface area contributed by atoms with E-state index in [1.807, 2.05) is 30.3 Å². The van der Waals surface area contributed by atoms with Crippen molar-refractivity contribution >= 4 is 0 Å². The van der Waals surface area contributed by atoms with Crippen LogP contribution in [0.1, 0.15) is 124 Å². The van der Waals surface area contributed by atoms with Gasteiger partial charge in [-0.2, -0.15) is 31.7 Å². The van der Waals surface area contributed by atoms with E-state index in [2.05, 4.69) is 55.5 Å². The van der Waals surface area contributed by atoms with Crippen LogP contribution in [-0.2, 0) is 26.2 Å². The Morgan fingerprint density at radius 1 is 0.595 bits per heavy atom. The summed E-state index contributed by atoms with van der Waals surface area (Å²) in [5.41, 5.74) is 1.07. The van der Waals surface area contributed by atoms with Gasteiger partial charge in [-0.25, -0.2) is 0 Å². The Hall–Kier alpha value is -0.147. The topological polar surface area (TPSA) is 32.6 Å². The molecule has 4 saturated carbocycles. The molecule has 8 atom stereocenters. The normalized spacial score (nSPS) is 32.4. The minimum Gasteiger partial charge on any atom is -0.655 e. The van der Waals surface area contributed by atoms with Gasteiger partial charge in [-0.15, -0.1) is 37.3 Å². The second-order valence-electron chi connectivity index (χ2n) is 14.1. The maximum atomic E-state index is 5.03. The number of nitrogens with one attached hydrogen (secondary N) is 1. The summed E-state index contributed by atoms with van der Waals surface area (Å²) in [6.45, 7) is 22.2. The Balaban J connectivity index is 0.000000441. The van der Waals surface area contributed by atoms with Crippen LogP contribution in [0.3, 0.4) is 0 Å². The average Bonchev–Trinajstić information content (AvgIpc) is 2.87. The van der Waals surface area contributed by atoms with E-state index in [9.17, 15) is 0 Å². The molecule has 0 aliphatic heterocycles. The van der Waals surface area contributed by atoms with Crippen molar-refractivity contribution in [2.75, 3.05) is 26.2 Å². The van der Waals surface area contributed by atoms with E-state index in [0.717, 1.165) is 67.2 Å². The van der Waals surface area contributed by atoms with Gasteiger partial charge in [-0.1, -0.05) is 136 Å². The van der Waals surface area contributed by atoms with Crippen LogP contribution < -0.4 is 4.90 Å². The molecule has 4 heteroatoms. The molecule has 4 aliphatic carbocycles. The molecule has 4 fully saturated rings. The number of rotatable bonds is 8. The zero-order valence-corrected chi connectivity index (χ0v) is 31.1. The summed E-state index contributed by atoms with van der Waals surface area (Å²) >= 11 is 0. The van der Waals surface area contributed by atoms with Crippen molar-refractivity contribution in [3.63, 3.8) is 0 Å². The van der Waals surface area contributed by atoms with Crippen LogP contribution in [0.15, 0.2) is 30.3 Å². The quantitative estimate of drug-likeness (QED) is 0.270. The third-order valence-corrected chi connectivity index (χ3v) is 11.0. The van der Waals surface area contributed by atoms with E-state index in [0.29, 0.717) is 12.1 Å². The van der Waals surface area contributed by atoms with Crippen LogP contribution in [0, 0.1) is 49.5 Å². The molecule has 8 unspecified atom stereocenters. The SMILES string of the molecule is C1CCC1.C1CCC1.[CH2-][NH+](CC[N-]C1CCC(C)C(C)C1C)CC[N-]C1CCC(C)C(C)C1C.[CH2-]c1ccccc1.[Zr+4]. The van der Waals surface area contributed by atoms with Crippen LogP contribution in [0.25, 0.3) is 10.6 Å². The molecular formula is C38H68N3Zr+. The first-order chi connectivity index (χ1) is 19.7. The van der Waals surface area contributed by atoms with Gasteiger partial charge in [0.05, 0.1) is 0 Å². The summed E-state index contributed by atoms with van der Waals surface area (Å²) in [4.78, 5) is 1.34. The Labute approximate surface area is 282 Å². The number of benzene rings is 1. The molecule has 1 aromatic carbocycles. The molecule has 1 N–H and O–H groups in total. The molecule has 0 amide bonds. The molecule has 238 valence electrons. The van der Waals surface area contributed by atoms with Gasteiger partial charge >= 0.3 is 26.2 Å². The number of quaternary nitrogens is 1. The fourth-order valence-electron chi connectivity index (χ4n) is 6.05. The van der Waals surface area contributed by atoms with Crippen molar-refractivity contribution in [2.45, 2.75) is 131 Å². The smallest absolute Gasteiger partial charge is 0.655 e. The summed E-state index contributed by atoms with van der Waals surface area (Å²) in [5, 5.41) is 10.1. The molecule has 1 aromatic rings. The van der Waals surface area contributed by atoms with Crippen molar-refractivity contribution in [2.24, 2.45) is 35.5 Å². The zero-order valence-electron chi connectivity index (χ0n) is 28.6. The average molecular weight is 658 g/mol. The molecule has 3 nitrogen and oxygen atoms in total. The largest absolute Gasteiger partial charge is 4.00 e. The predicted molar refractivity (Wildman–Crippen MR) is 181 cm³/mol. The van der Waals surface area contributed by atoms with Gasteiger partial charge in [-0.05, 0) is 23.7 Å². The van der Waals surface area contributed by atoms with E-state index >= 15 is 0 Å². The van der Waals surface area contributed by atoms with Gasteiger partial charge in [-0.3, -0.25) is 0 Å². The molecule has 4 aliphatic rings. The number of hydrogen-bond acceptors (Lipinski definition) is 0. The molecule has 0 radical (unpaired) electrons. The van der Waals surface area contributed by atoms with E-state index in [1.54, 1.807) is 0 Å². The maximum Gasteiger partial charge on any atom is 4.00 e. The van der Waals surface area contributed by atoms with Crippen molar-refractivity contribution < 1.29 is 31.1 Å². The third kappa shape index (κ3) is 15.7. The van der Waals surface area contributed by atoms with Crippen LogP contribution in [0.4, 0.5) is 0 Å². The van der Waals surface area contributed by atoms with E-state index in [-0.39, 0.29) is 26.2 Å². The molecular weight excluding hydrogens is 590 g/mol. The Morgan fingerprint density at radius 2 is 0.952 bits per heavy atom. The van der Waals surface area contributed by atoms with Crippen molar-refractivity contribution in [3.05, 3.63) is 60.5 Å². The minimum absolute atomic E-state index is 0. The van der Waals surface area contributed by atoms with Crippen LogP contribution in [0.2, 0.25) is 0 Å². The van der Waals surface area contributed by atoms with Gasteiger partial charge in [0.25, 0.3) is 0 Å². The van der Waals surface area contributed by atoms with Crippen LogP contribution >= 0.6 is 0 Å². The van der Waals surface area contributed by atoms with E-state index in [4.69, 9.17) is 10.6 Å². The van der Waals surface area contributed by atoms with E-state index < -0.39 is 0 Å². The molecule has 42 heavy (non-hydrogen) atoms. The minimum atomic E-state index is 0. The van der Waals surface area contributed by atoms with Crippen LogP contribution in [0.5, 0.6) is 0 Å². The predicted octanol–water partition coefficient (Wildman–Crippen LogP) is 9.54. The van der Waals surface area contributed by atoms with Crippen molar-refractivity contribution in [1.29, 1.82) is 0 Å². The monoisotopic (exact) mass is 656 g/mol. The molecule has 0 heterocycles. The van der Waals surface area contributed by atoms with E-state index in [1.165, 1.54) is 81.9 Å². The fourth-order valence-corrected chi connectivity index (χ4v) is 6.05. The van der Waals surface area contributed by atoms with Gasteiger partial charge in [0.1, 0.15) is 0 Å². The number of nitrogens with zero attached hydrogens (tertiary/aromatic N) is 2. The fraction of sp³-hybridized carbons (Fsp3) is 0.789. The molecule has 0 aromatic heterocycles. The van der Waals surface area contributed by atoms with Gasteiger partial charge in [0, 0.05) is 13.1 Å². The first-order valence-corrected chi connectivity index (χ1v) is 17.6. The molecule has 0 bridgehead atoms. The van der Waals surface area contributed by atoms with Gasteiger partial charge < -0.3 is 15.5 Å². The van der Waals surface area contributed by atoms with Crippen molar-refractivity contribution in [1.82, 2.24) is 0 Å². The first-order valence-electron chi connectivity index (χ1n) is 17.6. The maximum absolute atomic E-state index is 5.03. The summed E-state index contributed by atoms with van der Waals surface area (Å²) in [6.07, 6.45) is 17.3. The summed E-state index contributed by atoms with van der Waals surface area (Å²) in [7, 11) is 4.29. The summed E-state index contributed by atoms with van der Waals surface area (Å²) in [6, 6.07) is 11.0. The Kier molecular flexibility index (Phi) is 22.1. The molecule has 5 rings (SSSR count). The molecule has 0 saturated heterocycles.